The Morgan fingerprint density at radius 2 is 1.69 bits per heavy atom. The Hall–Kier alpha value is -2.64. The van der Waals surface area contributed by atoms with E-state index in [0.29, 0.717) is 11.1 Å². The van der Waals surface area contributed by atoms with E-state index in [1.165, 1.54) is 32.6 Å². The van der Waals surface area contributed by atoms with E-state index in [0.717, 1.165) is 5.56 Å². The Morgan fingerprint density at radius 3 is 2.31 bits per heavy atom. The highest BCUT2D eigenvalue weighted by Gasteiger charge is 2.20. The van der Waals surface area contributed by atoms with Crippen molar-refractivity contribution in [2.45, 2.75) is 18.4 Å². The Morgan fingerprint density at radius 1 is 1.04 bits per heavy atom. The predicted octanol–water partition coefficient (Wildman–Crippen LogP) is 3.06. The number of carbonyl (C=O) groups excluding carboxylic acids is 1. The summed E-state index contributed by atoms with van der Waals surface area (Å²) in [5.41, 5.74) is 2.10. The first-order valence-corrected chi connectivity index (χ1v) is 9.15. The van der Waals surface area contributed by atoms with Crippen molar-refractivity contribution in [1.29, 1.82) is 0 Å². The molecule has 0 saturated carbocycles. The standard InChI is InChI=1S/C19H20O6S/c1-14-8-10-16(11-9-14)26(21,22)25-12-15-6-4-5-7-17(15)18(13-23-2)19(20)24-3/h4-11,13H,12H2,1-3H3. The van der Waals surface area contributed by atoms with Crippen molar-refractivity contribution in [2.24, 2.45) is 0 Å². The largest absolute Gasteiger partial charge is 0.503 e. The van der Waals surface area contributed by atoms with E-state index >= 15 is 0 Å². The van der Waals surface area contributed by atoms with E-state index in [2.05, 4.69) is 0 Å². The van der Waals surface area contributed by atoms with E-state index < -0.39 is 16.1 Å². The molecule has 0 unspecified atom stereocenters. The third kappa shape index (κ3) is 4.71. The first-order valence-electron chi connectivity index (χ1n) is 7.74. The van der Waals surface area contributed by atoms with Crippen LogP contribution in [0.1, 0.15) is 16.7 Å². The molecule has 6 nitrogen and oxygen atoms in total. The lowest BCUT2D eigenvalue weighted by Crippen LogP contribution is -2.10. The molecule has 0 N–H and O–H groups in total. The van der Waals surface area contributed by atoms with Gasteiger partial charge in [-0.05, 0) is 30.2 Å². The van der Waals surface area contributed by atoms with Gasteiger partial charge in [-0.2, -0.15) is 8.42 Å². The van der Waals surface area contributed by atoms with Gasteiger partial charge in [0.15, 0.2) is 0 Å². The molecule has 2 aromatic carbocycles. The van der Waals surface area contributed by atoms with Gasteiger partial charge < -0.3 is 9.47 Å². The van der Waals surface area contributed by atoms with Crippen LogP contribution in [0.2, 0.25) is 0 Å². The zero-order valence-corrected chi connectivity index (χ0v) is 15.6. The minimum absolute atomic E-state index is 0.0706. The summed E-state index contributed by atoms with van der Waals surface area (Å²) in [6.45, 7) is 1.63. The highest BCUT2D eigenvalue weighted by molar-refractivity contribution is 7.86. The number of hydrogen-bond donors (Lipinski definition) is 0. The second-order valence-corrected chi connectivity index (χ2v) is 7.06. The molecule has 0 atom stereocenters. The fraction of sp³-hybridized carbons (Fsp3) is 0.211. The Balaban J connectivity index is 2.29. The van der Waals surface area contributed by atoms with Crippen LogP contribution in [0.5, 0.6) is 0 Å². The van der Waals surface area contributed by atoms with Crippen LogP contribution in [-0.4, -0.2) is 28.6 Å². The smallest absolute Gasteiger partial charge is 0.341 e. The highest BCUT2D eigenvalue weighted by atomic mass is 32.2. The van der Waals surface area contributed by atoms with Crippen molar-refractivity contribution in [3.63, 3.8) is 0 Å². The third-order valence-corrected chi connectivity index (χ3v) is 4.91. The van der Waals surface area contributed by atoms with Gasteiger partial charge in [0.1, 0.15) is 5.57 Å². The molecule has 2 rings (SSSR count). The second-order valence-electron chi connectivity index (χ2n) is 5.45. The number of ether oxygens (including phenoxy) is 2. The van der Waals surface area contributed by atoms with Gasteiger partial charge in [-0.15, -0.1) is 0 Å². The average Bonchev–Trinajstić information content (AvgIpc) is 2.64. The molecule has 0 amide bonds. The lowest BCUT2D eigenvalue weighted by molar-refractivity contribution is -0.133. The molecule has 0 aromatic heterocycles. The van der Waals surface area contributed by atoms with E-state index in [-0.39, 0.29) is 17.1 Å². The molecular weight excluding hydrogens is 356 g/mol. The minimum atomic E-state index is -3.92. The van der Waals surface area contributed by atoms with Crippen molar-refractivity contribution in [1.82, 2.24) is 0 Å². The van der Waals surface area contributed by atoms with Crippen LogP contribution in [-0.2, 0) is 35.2 Å². The van der Waals surface area contributed by atoms with Gasteiger partial charge in [-0.1, -0.05) is 42.0 Å². The summed E-state index contributed by atoms with van der Waals surface area (Å²) in [5.74, 6) is -0.597. The molecule has 7 heteroatoms. The fourth-order valence-corrected chi connectivity index (χ4v) is 3.16. The van der Waals surface area contributed by atoms with Crippen molar-refractivity contribution >= 4 is 21.7 Å². The fourth-order valence-electron chi connectivity index (χ4n) is 2.27. The number of esters is 1. The Kier molecular flexibility index (Phi) is 6.54. The maximum absolute atomic E-state index is 12.4. The van der Waals surface area contributed by atoms with Crippen LogP contribution >= 0.6 is 0 Å². The van der Waals surface area contributed by atoms with Gasteiger partial charge in [0, 0.05) is 0 Å². The Labute approximate surface area is 153 Å². The summed E-state index contributed by atoms with van der Waals surface area (Å²) in [6.07, 6.45) is 1.25. The molecular formula is C19H20O6S. The minimum Gasteiger partial charge on any atom is -0.503 e. The molecule has 0 saturated heterocycles. The summed E-state index contributed by atoms with van der Waals surface area (Å²) in [7, 11) is -1.26. The average molecular weight is 376 g/mol. The van der Waals surface area contributed by atoms with Gasteiger partial charge >= 0.3 is 5.97 Å². The summed E-state index contributed by atoms with van der Waals surface area (Å²) in [6, 6.07) is 13.2. The molecule has 0 fully saturated rings. The maximum Gasteiger partial charge on any atom is 0.341 e. The van der Waals surface area contributed by atoms with Gasteiger partial charge in [-0.25, -0.2) is 4.79 Å². The van der Waals surface area contributed by atoms with Crippen LogP contribution in [0.25, 0.3) is 5.57 Å². The molecule has 26 heavy (non-hydrogen) atoms. The molecule has 2 aromatic rings. The summed E-state index contributed by atoms with van der Waals surface area (Å²) in [5, 5.41) is 0. The molecule has 0 heterocycles. The summed E-state index contributed by atoms with van der Waals surface area (Å²) >= 11 is 0. The second kappa shape index (κ2) is 8.64. The molecule has 0 aliphatic heterocycles. The van der Waals surface area contributed by atoms with E-state index in [4.69, 9.17) is 13.7 Å². The Bertz CT molecular complexity index is 898. The first kappa shape index (κ1) is 19.7. The van der Waals surface area contributed by atoms with Crippen molar-refractivity contribution in [3.05, 3.63) is 71.5 Å². The third-order valence-electron chi connectivity index (χ3n) is 3.63. The summed E-state index contributed by atoms with van der Waals surface area (Å²) in [4.78, 5) is 12.1. The normalized spacial score (nSPS) is 11.9. The number of carbonyl (C=O) groups is 1. The zero-order valence-electron chi connectivity index (χ0n) is 14.8. The lowest BCUT2D eigenvalue weighted by atomic mass is 10.0. The molecule has 0 radical (unpaired) electrons. The molecule has 0 bridgehead atoms. The van der Waals surface area contributed by atoms with E-state index in [1.54, 1.807) is 36.4 Å². The SMILES string of the molecule is COC=C(C(=O)OC)c1ccccc1COS(=O)(=O)c1ccc(C)cc1. The van der Waals surface area contributed by atoms with Crippen LogP contribution in [0.15, 0.2) is 59.7 Å². The van der Waals surface area contributed by atoms with Gasteiger partial charge in [0.25, 0.3) is 10.1 Å². The molecule has 138 valence electrons. The van der Waals surface area contributed by atoms with Crippen LogP contribution < -0.4 is 0 Å². The molecule has 0 spiro atoms. The van der Waals surface area contributed by atoms with Crippen LogP contribution in [0.3, 0.4) is 0 Å². The lowest BCUT2D eigenvalue weighted by Gasteiger charge is -2.12. The first-order chi connectivity index (χ1) is 12.4. The number of hydrogen-bond acceptors (Lipinski definition) is 6. The van der Waals surface area contributed by atoms with Crippen molar-refractivity contribution in [2.75, 3.05) is 14.2 Å². The summed E-state index contributed by atoms with van der Waals surface area (Å²) < 4.78 is 39.6. The monoisotopic (exact) mass is 376 g/mol. The van der Waals surface area contributed by atoms with E-state index in [1.807, 2.05) is 6.92 Å². The predicted molar refractivity (Wildman–Crippen MR) is 96.6 cm³/mol. The van der Waals surface area contributed by atoms with Crippen LogP contribution in [0, 0.1) is 6.92 Å². The zero-order chi connectivity index (χ0) is 19.2. The number of rotatable bonds is 7. The molecule has 0 aliphatic rings. The number of aryl methyl sites for hydroxylation is 1. The molecule has 0 aliphatic carbocycles. The number of methoxy groups -OCH3 is 2. The van der Waals surface area contributed by atoms with Gasteiger partial charge in [0.2, 0.25) is 0 Å². The van der Waals surface area contributed by atoms with Gasteiger partial charge in [-0.3, -0.25) is 4.18 Å². The number of benzene rings is 2. The quantitative estimate of drug-likeness (QED) is 0.320. The van der Waals surface area contributed by atoms with Gasteiger partial charge in [0.05, 0.1) is 32.0 Å². The highest BCUT2D eigenvalue weighted by Crippen LogP contribution is 2.23. The van der Waals surface area contributed by atoms with Crippen molar-refractivity contribution in [3.8, 4) is 0 Å². The maximum atomic E-state index is 12.4. The topological polar surface area (TPSA) is 78.9 Å². The van der Waals surface area contributed by atoms with Crippen molar-refractivity contribution < 1.29 is 26.9 Å². The van der Waals surface area contributed by atoms with E-state index in [9.17, 15) is 13.2 Å². The van der Waals surface area contributed by atoms with Crippen LogP contribution in [0.4, 0.5) is 0 Å².